The minimum Gasteiger partial charge on any atom is -0.495 e. The second kappa shape index (κ2) is 11.3. The van der Waals surface area contributed by atoms with Crippen molar-refractivity contribution in [1.82, 2.24) is 4.90 Å². The highest BCUT2D eigenvalue weighted by Crippen LogP contribution is 2.47. The maximum Gasteiger partial charge on any atom is 0.254 e. The Morgan fingerprint density at radius 3 is 2.03 bits per heavy atom. The molecule has 3 aromatic rings. The fourth-order valence-electron chi connectivity index (χ4n) is 4.93. The molecule has 39 heavy (non-hydrogen) atoms. The average Bonchev–Trinajstić information content (AvgIpc) is 2.95. The summed E-state index contributed by atoms with van der Waals surface area (Å²) < 4.78 is 27.4. The lowest BCUT2D eigenvalue weighted by molar-refractivity contribution is -0.119. The maximum absolute atomic E-state index is 14.2. The number of rotatable bonds is 8. The van der Waals surface area contributed by atoms with Crippen molar-refractivity contribution in [2.45, 2.75) is 18.9 Å². The van der Waals surface area contributed by atoms with E-state index in [1.807, 2.05) is 13.0 Å². The van der Waals surface area contributed by atoms with Crippen molar-refractivity contribution >= 4 is 29.1 Å². The van der Waals surface area contributed by atoms with E-state index >= 15 is 0 Å². The summed E-state index contributed by atoms with van der Waals surface area (Å²) in [7, 11) is 9.24. The predicted octanol–water partition coefficient (Wildman–Crippen LogP) is 5.24. The first-order chi connectivity index (χ1) is 18.7. The van der Waals surface area contributed by atoms with Crippen LogP contribution in [0.2, 0.25) is 5.02 Å². The number of nitrogens with one attached hydrogen (secondary N) is 1. The summed E-state index contributed by atoms with van der Waals surface area (Å²) in [6.07, 6.45) is 0. The van der Waals surface area contributed by atoms with Gasteiger partial charge in [0.05, 0.1) is 53.2 Å². The molecule has 3 aromatic carbocycles. The van der Waals surface area contributed by atoms with Crippen LogP contribution >= 0.6 is 11.6 Å². The number of amides is 2. The SMILES string of the molecule is COc1cc(Cl)c(C)cc1NC(=O)[C@@H]1c2cc(OC)c(OC)cc2C(=O)N(C)[C@H]1c1ccc(OC)c(OC)c1. The molecule has 0 saturated heterocycles. The number of hydrogen-bond donors (Lipinski definition) is 1. The topological polar surface area (TPSA) is 95.6 Å². The van der Waals surface area contributed by atoms with Gasteiger partial charge in [0.2, 0.25) is 5.91 Å². The molecule has 2 atom stereocenters. The van der Waals surface area contributed by atoms with Crippen molar-refractivity contribution < 1.29 is 33.3 Å². The number of carbonyl (C=O) groups is 2. The summed E-state index contributed by atoms with van der Waals surface area (Å²) in [5.74, 6) is 0.727. The first kappa shape index (κ1) is 27.9. The molecule has 0 unspecified atom stereocenters. The lowest BCUT2D eigenvalue weighted by Gasteiger charge is -2.40. The van der Waals surface area contributed by atoms with E-state index in [2.05, 4.69) is 5.32 Å². The average molecular weight is 555 g/mol. The molecule has 1 heterocycles. The van der Waals surface area contributed by atoms with Crippen LogP contribution in [0.5, 0.6) is 28.7 Å². The highest BCUT2D eigenvalue weighted by atomic mass is 35.5. The maximum atomic E-state index is 14.2. The van der Waals surface area contributed by atoms with Crippen LogP contribution in [0, 0.1) is 6.92 Å². The van der Waals surface area contributed by atoms with Crippen LogP contribution in [0.3, 0.4) is 0 Å². The number of benzene rings is 3. The summed E-state index contributed by atoms with van der Waals surface area (Å²) in [5, 5.41) is 3.52. The van der Waals surface area contributed by atoms with Crippen molar-refractivity contribution in [2.24, 2.45) is 0 Å². The molecule has 1 aliphatic heterocycles. The molecule has 0 spiro atoms. The zero-order chi connectivity index (χ0) is 28.4. The zero-order valence-electron chi connectivity index (χ0n) is 22.9. The molecule has 206 valence electrons. The van der Waals surface area contributed by atoms with Crippen LogP contribution < -0.4 is 29.0 Å². The molecule has 0 radical (unpaired) electrons. The first-order valence-corrected chi connectivity index (χ1v) is 12.5. The van der Waals surface area contributed by atoms with E-state index in [1.54, 1.807) is 55.5 Å². The van der Waals surface area contributed by atoms with E-state index in [0.29, 0.717) is 56.1 Å². The third-order valence-electron chi connectivity index (χ3n) is 6.94. The quantitative estimate of drug-likeness (QED) is 0.407. The van der Waals surface area contributed by atoms with Gasteiger partial charge >= 0.3 is 0 Å². The minimum absolute atomic E-state index is 0.269. The molecule has 9 nitrogen and oxygen atoms in total. The van der Waals surface area contributed by atoms with Crippen LogP contribution in [0.15, 0.2) is 42.5 Å². The number of likely N-dealkylation sites (N-methyl/N-ethyl adjacent to an activating group) is 1. The Hall–Kier alpha value is -4.11. The normalized spacial score (nSPS) is 16.3. The molecule has 1 N–H and O–H groups in total. The van der Waals surface area contributed by atoms with Crippen molar-refractivity contribution in [3.63, 3.8) is 0 Å². The van der Waals surface area contributed by atoms with Gasteiger partial charge in [-0.05, 0) is 53.9 Å². The number of ether oxygens (including phenoxy) is 5. The van der Waals surface area contributed by atoms with E-state index in [-0.39, 0.29) is 11.8 Å². The monoisotopic (exact) mass is 554 g/mol. The van der Waals surface area contributed by atoms with E-state index in [9.17, 15) is 9.59 Å². The molecule has 4 rings (SSSR count). The van der Waals surface area contributed by atoms with Crippen molar-refractivity contribution in [3.8, 4) is 28.7 Å². The van der Waals surface area contributed by atoms with Crippen LogP contribution in [0.4, 0.5) is 5.69 Å². The second-order valence-corrected chi connectivity index (χ2v) is 9.45. The van der Waals surface area contributed by atoms with Crippen LogP contribution in [0.1, 0.15) is 39.0 Å². The Labute approximate surface area is 232 Å². The van der Waals surface area contributed by atoms with Gasteiger partial charge in [0.25, 0.3) is 5.91 Å². The third kappa shape index (κ3) is 5.02. The number of halogens is 1. The molecule has 0 saturated carbocycles. The highest BCUT2D eigenvalue weighted by Gasteiger charge is 2.44. The van der Waals surface area contributed by atoms with Gasteiger partial charge in [-0.25, -0.2) is 0 Å². The summed E-state index contributed by atoms with van der Waals surface area (Å²) in [5.41, 5.74) is 2.75. The fraction of sp³-hybridized carbons (Fsp3) is 0.310. The van der Waals surface area contributed by atoms with Gasteiger partial charge in [-0.15, -0.1) is 0 Å². The molecule has 1 aliphatic rings. The van der Waals surface area contributed by atoms with E-state index in [1.165, 1.54) is 28.4 Å². The third-order valence-corrected chi connectivity index (χ3v) is 7.35. The Balaban J connectivity index is 1.92. The fourth-order valence-corrected chi connectivity index (χ4v) is 5.08. The Bertz CT molecular complexity index is 1430. The van der Waals surface area contributed by atoms with Gasteiger partial charge in [0, 0.05) is 23.7 Å². The van der Waals surface area contributed by atoms with Gasteiger partial charge in [0.15, 0.2) is 23.0 Å². The second-order valence-electron chi connectivity index (χ2n) is 9.04. The summed E-state index contributed by atoms with van der Waals surface area (Å²) in [6, 6.07) is 11.3. The molecule has 0 bridgehead atoms. The lowest BCUT2D eigenvalue weighted by Crippen LogP contribution is -2.44. The Morgan fingerprint density at radius 2 is 1.41 bits per heavy atom. The van der Waals surface area contributed by atoms with Gasteiger partial charge < -0.3 is 33.9 Å². The van der Waals surface area contributed by atoms with Crippen LogP contribution in [0.25, 0.3) is 0 Å². The van der Waals surface area contributed by atoms with Gasteiger partial charge in [-0.3, -0.25) is 9.59 Å². The molecule has 0 aliphatic carbocycles. The van der Waals surface area contributed by atoms with E-state index in [0.717, 1.165) is 5.56 Å². The summed E-state index contributed by atoms with van der Waals surface area (Å²) in [6.45, 7) is 1.84. The Morgan fingerprint density at radius 1 is 0.821 bits per heavy atom. The molecular formula is C29H31ClN2O7. The van der Waals surface area contributed by atoms with Crippen molar-refractivity contribution in [1.29, 1.82) is 0 Å². The highest BCUT2D eigenvalue weighted by molar-refractivity contribution is 6.31. The van der Waals surface area contributed by atoms with Crippen LogP contribution in [-0.4, -0.2) is 59.3 Å². The first-order valence-electron chi connectivity index (χ1n) is 12.1. The molecule has 0 aromatic heterocycles. The van der Waals surface area contributed by atoms with Crippen LogP contribution in [-0.2, 0) is 4.79 Å². The molecular weight excluding hydrogens is 524 g/mol. The summed E-state index contributed by atoms with van der Waals surface area (Å²) >= 11 is 6.29. The van der Waals surface area contributed by atoms with E-state index in [4.69, 9.17) is 35.3 Å². The zero-order valence-corrected chi connectivity index (χ0v) is 23.6. The number of methoxy groups -OCH3 is 5. The van der Waals surface area contributed by atoms with E-state index < -0.39 is 12.0 Å². The molecule has 2 amide bonds. The molecule has 0 fully saturated rings. The number of aryl methyl sites for hydroxylation is 1. The van der Waals surface area contributed by atoms with Crippen molar-refractivity contribution in [3.05, 3.63) is 69.7 Å². The van der Waals surface area contributed by atoms with Gasteiger partial charge in [0.1, 0.15) is 5.75 Å². The largest absolute Gasteiger partial charge is 0.495 e. The number of carbonyl (C=O) groups excluding carboxylic acids is 2. The van der Waals surface area contributed by atoms with Crippen molar-refractivity contribution in [2.75, 3.05) is 47.9 Å². The molecule has 10 heteroatoms. The standard InChI is InChI=1S/C29H31ClN2O7/c1-15-10-20(22(36-4)14-19(15)30)31-28(33)26-17-12-24(38-6)25(39-7)13-18(17)29(34)32(2)27(26)16-8-9-21(35-3)23(11-16)37-5/h8-14,26-27H,1-7H3,(H,31,33)/t26-,27+/m1/s1. The predicted molar refractivity (Wildman–Crippen MR) is 148 cm³/mol. The Kier molecular flexibility index (Phi) is 8.11. The van der Waals surface area contributed by atoms with Gasteiger partial charge in [-0.1, -0.05) is 17.7 Å². The van der Waals surface area contributed by atoms with Gasteiger partial charge in [-0.2, -0.15) is 0 Å². The number of nitrogens with zero attached hydrogens (tertiary/aromatic N) is 1. The summed E-state index contributed by atoms with van der Waals surface area (Å²) in [4.78, 5) is 29.4. The number of anilines is 1. The lowest BCUT2D eigenvalue weighted by atomic mass is 9.79. The smallest absolute Gasteiger partial charge is 0.254 e. The minimum atomic E-state index is -0.846. The number of hydrogen-bond acceptors (Lipinski definition) is 7. The number of fused-ring (bicyclic) bond motifs is 1.